The van der Waals surface area contributed by atoms with Gasteiger partial charge >= 0.3 is 0 Å². The standard InChI is InChI=1S/C20H29BrN6/c1-22-19(23-12-18(26(2)3)15-11-25-27(4)13-15)24-14-20(9-10-20)16-7-5-6-8-17(16)21/h5-8,11,13,18H,9-10,12,14H2,1-4H3,(H2,22,23,24). The van der Waals surface area contributed by atoms with E-state index in [4.69, 9.17) is 0 Å². The van der Waals surface area contributed by atoms with Crippen LogP contribution in [0.25, 0.3) is 0 Å². The molecule has 1 heterocycles. The molecule has 7 heteroatoms. The van der Waals surface area contributed by atoms with Crippen molar-refractivity contribution in [3.63, 3.8) is 0 Å². The van der Waals surface area contributed by atoms with Gasteiger partial charge in [-0.2, -0.15) is 5.10 Å². The Morgan fingerprint density at radius 1 is 1.33 bits per heavy atom. The highest BCUT2D eigenvalue weighted by atomic mass is 79.9. The van der Waals surface area contributed by atoms with Gasteiger partial charge in [0.15, 0.2) is 5.96 Å². The third-order valence-electron chi connectivity index (χ3n) is 5.31. The van der Waals surface area contributed by atoms with Crippen LogP contribution in [0.2, 0.25) is 0 Å². The molecular weight excluding hydrogens is 404 g/mol. The van der Waals surface area contributed by atoms with Crippen LogP contribution in [0, 0.1) is 0 Å². The van der Waals surface area contributed by atoms with E-state index in [0.717, 1.165) is 19.0 Å². The van der Waals surface area contributed by atoms with Crippen molar-refractivity contribution in [1.29, 1.82) is 0 Å². The van der Waals surface area contributed by atoms with Crippen LogP contribution in [0.1, 0.15) is 30.0 Å². The highest BCUT2D eigenvalue weighted by molar-refractivity contribution is 9.10. The summed E-state index contributed by atoms with van der Waals surface area (Å²) in [6.07, 6.45) is 6.40. The van der Waals surface area contributed by atoms with Crippen molar-refractivity contribution in [2.45, 2.75) is 24.3 Å². The molecule has 2 N–H and O–H groups in total. The maximum atomic E-state index is 4.41. The normalized spacial score (nSPS) is 17.0. The first kappa shape index (κ1) is 19.9. The lowest BCUT2D eigenvalue weighted by Gasteiger charge is -2.25. The first-order valence-corrected chi connectivity index (χ1v) is 10.1. The highest BCUT2D eigenvalue weighted by Gasteiger charge is 2.45. The SMILES string of the molecule is CN=C(NCC(c1cnn(C)c1)N(C)C)NCC1(c2ccccc2Br)CC1. The van der Waals surface area contributed by atoms with Crippen molar-refractivity contribution in [2.24, 2.45) is 12.0 Å². The zero-order chi connectivity index (χ0) is 19.4. The molecule has 1 aromatic heterocycles. The van der Waals surface area contributed by atoms with E-state index in [9.17, 15) is 0 Å². The van der Waals surface area contributed by atoms with Crippen molar-refractivity contribution < 1.29 is 0 Å². The van der Waals surface area contributed by atoms with Crippen LogP contribution in [0.3, 0.4) is 0 Å². The first-order chi connectivity index (χ1) is 12.9. The van der Waals surface area contributed by atoms with Crippen LogP contribution in [0.4, 0.5) is 0 Å². The predicted molar refractivity (Wildman–Crippen MR) is 114 cm³/mol. The van der Waals surface area contributed by atoms with E-state index in [-0.39, 0.29) is 11.5 Å². The van der Waals surface area contributed by atoms with Gasteiger partial charge in [-0.1, -0.05) is 34.1 Å². The molecule has 0 amide bonds. The Kier molecular flexibility index (Phi) is 6.22. The lowest BCUT2D eigenvalue weighted by molar-refractivity contribution is 0.298. The Morgan fingerprint density at radius 3 is 2.63 bits per heavy atom. The van der Waals surface area contributed by atoms with Crippen LogP contribution in [-0.2, 0) is 12.5 Å². The number of aromatic nitrogens is 2. The van der Waals surface area contributed by atoms with Gasteiger partial charge in [0.25, 0.3) is 0 Å². The molecule has 1 aliphatic rings. The second-order valence-electron chi connectivity index (χ2n) is 7.49. The number of nitrogens with one attached hydrogen (secondary N) is 2. The number of aryl methyl sites for hydroxylation is 1. The number of guanidine groups is 1. The van der Waals surface area contributed by atoms with E-state index in [0.29, 0.717) is 0 Å². The average molecular weight is 433 g/mol. The van der Waals surface area contributed by atoms with Gasteiger partial charge < -0.3 is 15.5 Å². The smallest absolute Gasteiger partial charge is 0.191 e. The highest BCUT2D eigenvalue weighted by Crippen LogP contribution is 2.49. The Balaban J connectivity index is 1.59. The number of likely N-dealkylation sites (N-methyl/N-ethyl adjacent to an activating group) is 1. The van der Waals surface area contributed by atoms with Crippen molar-refractivity contribution >= 4 is 21.9 Å². The van der Waals surface area contributed by atoms with Crippen molar-refractivity contribution in [1.82, 2.24) is 25.3 Å². The van der Waals surface area contributed by atoms with Gasteiger partial charge in [-0.05, 0) is 38.6 Å². The molecule has 2 aromatic rings. The Labute approximate surface area is 170 Å². The molecule has 1 aromatic carbocycles. The molecule has 0 spiro atoms. The summed E-state index contributed by atoms with van der Waals surface area (Å²) in [5.74, 6) is 0.837. The number of nitrogens with zero attached hydrogens (tertiary/aromatic N) is 4. The van der Waals surface area contributed by atoms with Crippen molar-refractivity contribution in [3.8, 4) is 0 Å². The van der Waals surface area contributed by atoms with Crippen LogP contribution in [-0.4, -0.2) is 54.9 Å². The molecule has 0 bridgehead atoms. The Bertz CT molecular complexity index is 793. The van der Waals surface area contributed by atoms with Gasteiger partial charge in [-0.15, -0.1) is 0 Å². The number of benzene rings is 1. The monoisotopic (exact) mass is 432 g/mol. The maximum Gasteiger partial charge on any atom is 0.191 e. The third kappa shape index (κ3) is 4.71. The zero-order valence-corrected chi connectivity index (χ0v) is 18.1. The molecule has 1 unspecified atom stereocenters. The molecular formula is C20H29BrN6. The summed E-state index contributed by atoms with van der Waals surface area (Å²) in [7, 11) is 7.94. The fraction of sp³-hybridized carbons (Fsp3) is 0.500. The van der Waals surface area contributed by atoms with Crippen LogP contribution < -0.4 is 10.6 Å². The van der Waals surface area contributed by atoms with E-state index in [1.807, 2.05) is 25.0 Å². The Morgan fingerprint density at radius 2 is 2.07 bits per heavy atom. The second-order valence-corrected chi connectivity index (χ2v) is 8.35. The summed E-state index contributed by atoms with van der Waals surface area (Å²) in [6.45, 7) is 1.65. The van der Waals surface area contributed by atoms with Crippen LogP contribution >= 0.6 is 15.9 Å². The molecule has 6 nitrogen and oxygen atoms in total. The summed E-state index contributed by atoms with van der Waals surface area (Å²) in [5.41, 5.74) is 2.79. The number of rotatable bonds is 7. The third-order valence-corrected chi connectivity index (χ3v) is 6.00. The molecule has 0 radical (unpaired) electrons. The number of hydrogen-bond donors (Lipinski definition) is 2. The summed E-state index contributed by atoms with van der Waals surface area (Å²) in [6, 6.07) is 8.76. The number of hydrogen-bond acceptors (Lipinski definition) is 3. The number of aliphatic imine (C=N–C) groups is 1. The summed E-state index contributed by atoms with van der Waals surface area (Å²) in [4.78, 5) is 6.60. The van der Waals surface area contributed by atoms with Crippen LogP contribution in [0.15, 0.2) is 46.1 Å². The van der Waals surface area contributed by atoms with Gasteiger partial charge in [0.05, 0.1) is 12.2 Å². The largest absolute Gasteiger partial charge is 0.356 e. The average Bonchev–Trinajstić information content (AvgIpc) is 3.31. The Hall–Kier alpha value is -1.86. The molecule has 1 saturated carbocycles. The van der Waals surface area contributed by atoms with E-state index < -0.39 is 0 Å². The fourth-order valence-electron chi connectivity index (χ4n) is 3.46. The molecule has 1 fully saturated rings. The van der Waals surface area contributed by atoms with Gasteiger partial charge in [-0.25, -0.2) is 0 Å². The van der Waals surface area contributed by atoms with Gasteiger partial charge in [0, 0.05) is 48.8 Å². The van der Waals surface area contributed by atoms with E-state index in [2.05, 4.69) is 86.1 Å². The molecule has 1 aliphatic carbocycles. The zero-order valence-electron chi connectivity index (χ0n) is 16.5. The quantitative estimate of drug-likeness (QED) is 0.521. The second kappa shape index (κ2) is 8.44. The minimum Gasteiger partial charge on any atom is -0.356 e. The topological polar surface area (TPSA) is 57.5 Å². The summed E-state index contributed by atoms with van der Waals surface area (Å²) in [5, 5.41) is 11.3. The minimum absolute atomic E-state index is 0.210. The predicted octanol–water partition coefficient (Wildman–Crippen LogP) is 2.68. The van der Waals surface area contributed by atoms with Gasteiger partial charge in [-0.3, -0.25) is 9.67 Å². The molecule has 0 aliphatic heterocycles. The summed E-state index contributed by atoms with van der Waals surface area (Å²) < 4.78 is 3.03. The van der Waals surface area contributed by atoms with E-state index in [1.165, 1.54) is 28.4 Å². The molecule has 0 saturated heterocycles. The molecule has 27 heavy (non-hydrogen) atoms. The van der Waals surface area contributed by atoms with E-state index >= 15 is 0 Å². The van der Waals surface area contributed by atoms with Gasteiger partial charge in [0.1, 0.15) is 0 Å². The van der Waals surface area contributed by atoms with Gasteiger partial charge in [0.2, 0.25) is 0 Å². The lowest BCUT2D eigenvalue weighted by Crippen LogP contribution is -2.44. The first-order valence-electron chi connectivity index (χ1n) is 9.30. The lowest BCUT2D eigenvalue weighted by atomic mass is 9.96. The summed E-state index contributed by atoms with van der Waals surface area (Å²) >= 11 is 3.70. The molecule has 1 atom stereocenters. The fourth-order valence-corrected chi connectivity index (χ4v) is 4.17. The maximum absolute atomic E-state index is 4.41. The molecule has 3 rings (SSSR count). The van der Waals surface area contributed by atoms with E-state index in [1.54, 1.807) is 0 Å². The van der Waals surface area contributed by atoms with Crippen molar-refractivity contribution in [3.05, 3.63) is 52.3 Å². The number of halogens is 1. The minimum atomic E-state index is 0.210. The van der Waals surface area contributed by atoms with Crippen LogP contribution in [0.5, 0.6) is 0 Å². The van der Waals surface area contributed by atoms with Crippen molar-refractivity contribution in [2.75, 3.05) is 34.2 Å². The molecule has 146 valence electrons.